The summed E-state index contributed by atoms with van der Waals surface area (Å²) < 4.78 is 27.8. The van der Waals surface area contributed by atoms with Crippen molar-refractivity contribution in [2.45, 2.75) is 17.9 Å². The monoisotopic (exact) mass is 389 g/mol. The molecule has 1 saturated heterocycles. The lowest BCUT2D eigenvalue weighted by Gasteiger charge is -2.14. The van der Waals surface area contributed by atoms with Crippen molar-refractivity contribution in [1.82, 2.24) is 10.6 Å². The number of aryl methyl sites for hydroxylation is 1. The highest BCUT2D eigenvalue weighted by molar-refractivity contribution is 7.92. The summed E-state index contributed by atoms with van der Waals surface area (Å²) in [4.78, 5) is 12.4. The summed E-state index contributed by atoms with van der Waals surface area (Å²) in [7, 11) is -3.81. The van der Waals surface area contributed by atoms with E-state index in [-0.39, 0.29) is 22.3 Å². The summed E-state index contributed by atoms with van der Waals surface area (Å²) in [6.07, 6.45) is -0.490. The second-order valence-electron chi connectivity index (χ2n) is 6.70. The molecule has 1 aliphatic heterocycles. The molecule has 1 heterocycles. The minimum Gasteiger partial charge on any atom is -0.391 e. The smallest absolute Gasteiger partial charge is 0.261 e. The van der Waals surface area contributed by atoms with Gasteiger partial charge in [-0.1, -0.05) is 18.2 Å². The number of β-amino-alcohol motifs (C(OH)–C–C–N with tert-alkyl or cyclic N) is 1. The second-order valence-corrected chi connectivity index (χ2v) is 8.38. The first-order valence-electron chi connectivity index (χ1n) is 8.72. The molecular weight excluding hydrogens is 366 g/mol. The van der Waals surface area contributed by atoms with Gasteiger partial charge in [-0.3, -0.25) is 9.52 Å². The van der Waals surface area contributed by atoms with Crippen molar-refractivity contribution in [3.63, 3.8) is 0 Å². The van der Waals surface area contributed by atoms with Crippen LogP contribution in [0.5, 0.6) is 0 Å². The van der Waals surface area contributed by atoms with E-state index in [2.05, 4.69) is 15.4 Å². The number of sulfonamides is 1. The van der Waals surface area contributed by atoms with Crippen LogP contribution in [0.2, 0.25) is 0 Å². The van der Waals surface area contributed by atoms with Crippen LogP contribution in [0.25, 0.3) is 0 Å². The van der Waals surface area contributed by atoms with Crippen LogP contribution in [0.3, 0.4) is 0 Å². The Labute approximate surface area is 158 Å². The van der Waals surface area contributed by atoms with E-state index in [0.29, 0.717) is 25.3 Å². The molecule has 0 saturated carbocycles. The third kappa shape index (κ3) is 4.85. The standard InChI is InChI=1S/C19H23N3O4S/c1-13-4-2-6-16(8-13)22-27(25,26)17-7-3-5-14(9-17)19(24)21-11-15-10-20-12-18(15)23/h2-9,15,18,20,22-23H,10-12H2,1H3,(H,21,24). The molecule has 144 valence electrons. The molecule has 0 aliphatic carbocycles. The summed E-state index contributed by atoms with van der Waals surface area (Å²) in [5, 5.41) is 15.6. The van der Waals surface area contributed by atoms with Crippen LogP contribution in [0, 0.1) is 12.8 Å². The van der Waals surface area contributed by atoms with Crippen molar-refractivity contribution in [1.29, 1.82) is 0 Å². The summed E-state index contributed by atoms with van der Waals surface area (Å²) in [5.74, 6) is -0.425. The van der Waals surface area contributed by atoms with E-state index in [1.165, 1.54) is 18.2 Å². The van der Waals surface area contributed by atoms with Crippen LogP contribution in [0.15, 0.2) is 53.4 Å². The molecule has 2 aromatic rings. The second kappa shape index (κ2) is 8.08. The maximum Gasteiger partial charge on any atom is 0.261 e. The fourth-order valence-electron chi connectivity index (χ4n) is 2.98. The summed E-state index contributed by atoms with van der Waals surface area (Å²) in [6, 6.07) is 12.9. The average Bonchev–Trinajstić information content (AvgIpc) is 3.04. The van der Waals surface area contributed by atoms with Crippen molar-refractivity contribution < 1.29 is 18.3 Å². The first kappa shape index (κ1) is 19.3. The molecule has 1 aliphatic rings. The number of carbonyl (C=O) groups is 1. The zero-order valence-corrected chi connectivity index (χ0v) is 15.8. The Hall–Kier alpha value is -2.42. The van der Waals surface area contributed by atoms with Gasteiger partial charge in [-0.15, -0.1) is 0 Å². The Morgan fingerprint density at radius 2 is 1.96 bits per heavy atom. The number of carbonyl (C=O) groups excluding carboxylic acids is 1. The Balaban J connectivity index is 1.71. The van der Waals surface area contributed by atoms with E-state index >= 15 is 0 Å². The first-order chi connectivity index (χ1) is 12.8. The van der Waals surface area contributed by atoms with Gasteiger partial charge in [0.15, 0.2) is 0 Å². The molecule has 0 radical (unpaired) electrons. The Morgan fingerprint density at radius 1 is 1.19 bits per heavy atom. The van der Waals surface area contributed by atoms with Crippen molar-refractivity contribution >= 4 is 21.6 Å². The Kier molecular flexibility index (Phi) is 5.79. The van der Waals surface area contributed by atoms with Crippen molar-refractivity contribution in [3.05, 3.63) is 59.7 Å². The van der Waals surface area contributed by atoms with E-state index < -0.39 is 16.1 Å². The van der Waals surface area contributed by atoms with Crippen molar-refractivity contribution in [2.24, 2.45) is 5.92 Å². The predicted molar refractivity (Wildman–Crippen MR) is 103 cm³/mol. The third-order valence-electron chi connectivity index (χ3n) is 4.51. The topological polar surface area (TPSA) is 108 Å². The fourth-order valence-corrected chi connectivity index (χ4v) is 4.08. The number of anilines is 1. The number of aliphatic hydroxyl groups excluding tert-OH is 1. The molecule has 1 amide bonds. The van der Waals surface area contributed by atoms with E-state index in [1.807, 2.05) is 13.0 Å². The summed E-state index contributed by atoms with van der Waals surface area (Å²) >= 11 is 0. The summed E-state index contributed by atoms with van der Waals surface area (Å²) in [6.45, 7) is 3.35. The maximum atomic E-state index is 12.6. The van der Waals surface area contributed by atoms with Gasteiger partial charge in [0, 0.05) is 36.8 Å². The van der Waals surface area contributed by atoms with Crippen LogP contribution in [0.4, 0.5) is 5.69 Å². The van der Waals surface area contributed by atoms with Gasteiger partial charge in [-0.2, -0.15) is 0 Å². The number of benzene rings is 2. The van der Waals surface area contributed by atoms with E-state index in [4.69, 9.17) is 0 Å². The predicted octanol–water partition coefficient (Wildman–Crippen LogP) is 1.11. The van der Waals surface area contributed by atoms with Crippen LogP contribution < -0.4 is 15.4 Å². The highest BCUT2D eigenvalue weighted by Gasteiger charge is 2.25. The highest BCUT2D eigenvalue weighted by atomic mass is 32.2. The molecule has 3 rings (SSSR count). The molecule has 0 bridgehead atoms. The molecule has 2 atom stereocenters. The number of aliphatic hydroxyl groups is 1. The normalized spacial score (nSPS) is 19.6. The Morgan fingerprint density at radius 3 is 2.67 bits per heavy atom. The van der Waals surface area contributed by atoms with E-state index in [0.717, 1.165) is 5.56 Å². The van der Waals surface area contributed by atoms with Crippen LogP contribution in [0.1, 0.15) is 15.9 Å². The lowest BCUT2D eigenvalue weighted by molar-refractivity contribution is 0.0927. The van der Waals surface area contributed by atoms with Crippen molar-refractivity contribution in [3.8, 4) is 0 Å². The SMILES string of the molecule is Cc1cccc(NS(=O)(=O)c2cccc(C(=O)NCC3CNCC3O)c2)c1. The maximum absolute atomic E-state index is 12.6. The molecule has 2 aromatic carbocycles. The molecule has 0 spiro atoms. The van der Waals surface area contributed by atoms with E-state index in [9.17, 15) is 18.3 Å². The largest absolute Gasteiger partial charge is 0.391 e. The number of hydrogen-bond donors (Lipinski definition) is 4. The first-order valence-corrected chi connectivity index (χ1v) is 10.2. The molecule has 1 fully saturated rings. The van der Waals surface area contributed by atoms with Crippen LogP contribution in [-0.4, -0.2) is 45.2 Å². The van der Waals surface area contributed by atoms with Gasteiger partial charge in [0.1, 0.15) is 0 Å². The lowest BCUT2D eigenvalue weighted by Crippen LogP contribution is -2.34. The van der Waals surface area contributed by atoms with Gasteiger partial charge >= 0.3 is 0 Å². The molecule has 2 unspecified atom stereocenters. The highest BCUT2D eigenvalue weighted by Crippen LogP contribution is 2.18. The number of rotatable bonds is 6. The fraction of sp³-hybridized carbons (Fsp3) is 0.316. The zero-order chi connectivity index (χ0) is 19.4. The Bertz CT molecular complexity index is 930. The number of hydrogen-bond acceptors (Lipinski definition) is 5. The molecule has 4 N–H and O–H groups in total. The van der Waals surface area contributed by atoms with Gasteiger partial charge in [0.25, 0.3) is 15.9 Å². The van der Waals surface area contributed by atoms with Crippen LogP contribution >= 0.6 is 0 Å². The van der Waals surface area contributed by atoms with Gasteiger partial charge in [-0.25, -0.2) is 8.42 Å². The summed E-state index contributed by atoms with van der Waals surface area (Å²) in [5.41, 5.74) is 1.65. The molecule has 27 heavy (non-hydrogen) atoms. The van der Waals surface area contributed by atoms with Gasteiger partial charge in [-0.05, 0) is 42.8 Å². The molecule has 0 aromatic heterocycles. The zero-order valence-electron chi connectivity index (χ0n) is 15.0. The molecule has 8 heteroatoms. The third-order valence-corrected chi connectivity index (χ3v) is 5.88. The molecule has 7 nitrogen and oxygen atoms in total. The molecular formula is C19H23N3O4S. The minimum absolute atomic E-state index is 0.0132. The lowest BCUT2D eigenvalue weighted by atomic mass is 10.1. The van der Waals surface area contributed by atoms with Gasteiger partial charge < -0.3 is 15.7 Å². The quantitative estimate of drug-likeness (QED) is 0.592. The minimum atomic E-state index is -3.81. The van der Waals surface area contributed by atoms with E-state index in [1.54, 1.807) is 24.3 Å². The van der Waals surface area contributed by atoms with Crippen molar-refractivity contribution in [2.75, 3.05) is 24.4 Å². The van der Waals surface area contributed by atoms with Crippen LogP contribution in [-0.2, 0) is 10.0 Å². The van der Waals surface area contributed by atoms with Gasteiger partial charge in [0.05, 0.1) is 11.0 Å². The number of amides is 1. The van der Waals surface area contributed by atoms with Gasteiger partial charge in [0.2, 0.25) is 0 Å². The number of nitrogens with one attached hydrogen (secondary N) is 3. The average molecular weight is 389 g/mol.